The molecule has 0 aromatic carbocycles. The summed E-state index contributed by atoms with van der Waals surface area (Å²) in [6.07, 6.45) is 0. The zero-order valence-electron chi connectivity index (χ0n) is 4.97. The Hall–Kier alpha value is -0.460. The molecule has 7 N–H and O–H groups in total. The van der Waals surface area contributed by atoms with Crippen LogP contribution in [0.1, 0.15) is 0 Å². The Kier molecular flexibility index (Phi) is 6.53. The van der Waals surface area contributed by atoms with E-state index in [1.165, 1.54) is 0 Å². The average molecular weight is 172 g/mol. The van der Waals surface area contributed by atoms with Crippen LogP contribution in [0.2, 0.25) is 0 Å². The van der Waals surface area contributed by atoms with E-state index in [0.717, 1.165) is 0 Å². The molecule has 8 heteroatoms. The third kappa shape index (κ3) is 136. The van der Waals surface area contributed by atoms with Gasteiger partial charge in [0.1, 0.15) is 0 Å². The molecule has 0 radical (unpaired) electrons. The van der Waals surface area contributed by atoms with Gasteiger partial charge in [-0.2, -0.15) is 0 Å². The number of primary amides is 1. The number of rotatable bonds is 1. The summed E-state index contributed by atoms with van der Waals surface area (Å²) in [5.74, 6) is -0.468. The molecule has 0 saturated carbocycles. The summed E-state index contributed by atoms with van der Waals surface area (Å²) in [4.78, 5) is 31.0. The quantitative estimate of drug-likeness (QED) is 0.276. The average Bonchev–Trinajstić information content (AvgIpc) is 1.61. The first-order valence-corrected chi connectivity index (χ1v) is 3.60. The van der Waals surface area contributed by atoms with Gasteiger partial charge in [-0.25, -0.2) is 4.57 Å². The van der Waals surface area contributed by atoms with E-state index in [-0.39, 0.29) is 6.54 Å². The van der Waals surface area contributed by atoms with Crippen molar-refractivity contribution in [3.63, 3.8) is 0 Å². The number of phosphoric acid groups is 1. The Bertz CT molecular complexity index is 132. The van der Waals surface area contributed by atoms with Crippen molar-refractivity contribution in [1.29, 1.82) is 0 Å². The Morgan fingerprint density at radius 3 is 1.50 bits per heavy atom. The molecule has 0 bridgehead atoms. The van der Waals surface area contributed by atoms with E-state index < -0.39 is 13.7 Å². The highest BCUT2D eigenvalue weighted by Gasteiger charge is 2.00. The Balaban J connectivity index is 0. The van der Waals surface area contributed by atoms with Gasteiger partial charge < -0.3 is 26.1 Å². The van der Waals surface area contributed by atoms with E-state index >= 15 is 0 Å². The van der Waals surface area contributed by atoms with Crippen molar-refractivity contribution in [1.82, 2.24) is 0 Å². The van der Waals surface area contributed by atoms with Crippen molar-refractivity contribution in [3.8, 4) is 0 Å². The van der Waals surface area contributed by atoms with Gasteiger partial charge in [0.25, 0.3) is 0 Å². The Morgan fingerprint density at radius 2 is 1.50 bits per heavy atom. The minimum Gasteiger partial charge on any atom is -0.369 e. The fourth-order valence-corrected chi connectivity index (χ4v) is 0. The van der Waals surface area contributed by atoms with Crippen LogP contribution < -0.4 is 11.5 Å². The SMILES string of the molecule is NCC(N)=O.O=P(O)(O)O. The van der Waals surface area contributed by atoms with E-state index in [2.05, 4.69) is 5.73 Å². The molecule has 1 amide bonds. The predicted octanol–water partition coefficient (Wildman–Crippen LogP) is -2.50. The standard InChI is InChI=1S/C2H6N2O.H3O4P/c3-1-2(4)5;1-5(2,3)4/h1,3H2,(H2,4,5);(H3,1,2,3,4). The molecule has 0 aliphatic rings. The number of carbonyl (C=O) groups excluding carboxylic acids is 1. The van der Waals surface area contributed by atoms with Gasteiger partial charge in [-0.15, -0.1) is 0 Å². The van der Waals surface area contributed by atoms with Gasteiger partial charge in [0.05, 0.1) is 6.54 Å². The maximum Gasteiger partial charge on any atom is 0.466 e. The maximum atomic E-state index is 9.47. The van der Waals surface area contributed by atoms with Crippen molar-refractivity contribution in [2.75, 3.05) is 6.54 Å². The van der Waals surface area contributed by atoms with E-state index in [4.69, 9.17) is 25.0 Å². The molecule has 0 aromatic rings. The number of carbonyl (C=O) groups is 1. The number of nitrogens with two attached hydrogens (primary N) is 2. The van der Waals surface area contributed by atoms with Crippen LogP contribution >= 0.6 is 7.82 Å². The normalized spacial score (nSPS) is 9.60. The topological polar surface area (TPSA) is 147 Å². The maximum absolute atomic E-state index is 9.47. The van der Waals surface area contributed by atoms with Crippen molar-refractivity contribution in [2.24, 2.45) is 11.5 Å². The number of hydrogen-bond donors (Lipinski definition) is 5. The molecule has 0 spiro atoms. The minimum atomic E-state index is -4.64. The van der Waals surface area contributed by atoms with Gasteiger partial charge in [0, 0.05) is 0 Å². The van der Waals surface area contributed by atoms with Gasteiger partial charge >= 0.3 is 7.82 Å². The van der Waals surface area contributed by atoms with Gasteiger partial charge in [0.15, 0.2) is 0 Å². The molecule has 0 atom stereocenters. The van der Waals surface area contributed by atoms with Crippen molar-refractivity contribution in [2.45, 2.75) is 0 Å². The van der Waals surface area contributed by atoms with E-state index in [9.17, 15) is 4.79 Å². The second-order valence-electron chi connectivity index (χ2n) is 1.18. The summed E-state index contributed by atoms with van der Waals surface area (Å²) < 4.78 is 8.88. The van der Waals surface area contributed by atoms with Crippen molar-refractivity contribution < 1.29 is 24.0 Å². The van der Waals surface area contributed by atoms with E-state index in [0.29, 0.717) is 0 Å². The van der Waals surface area contributed by atoms with Crippen LogP contribution in [0, 0.1) is 0 Å². The lowest BCUT2D eigenvalue weighted by atomic mass is 10.7. The van der Waals surface area contributed by atoms with E-state index in [1.807, 2.05) is 0 Å². The lowest BCUT2D eigenvalue weighted by molar-refractivity contribution is -0.116. The fourth-order valence-electron chi connectivity index (χ4n) is 0. The number of hydrogen-bond acceptors (Lipinski definition) is 3. The van der Waals surface area contributed by atoms with Crippen LogP contribution in [0.4, 0.5) is 0 Å². The van der Waals surface area contributed by atoms with E-state index in [1.54, 1.807) is 0 Å². The molecule has 0 unspecified atom stereocenters. The molecule has 0 aromatic heterocycles. The first-order chi connectivity index (χ1) is 4.27. The second kappa shape index (κ2) is 5.33. The summed E-state index contributed by atoms with van der Waals surface area (Å²) in [6.45, 7) is -0.0556. The Morgan fingerprint density at radius 1 is 1.40 bits per heavy atom. The lowest BCUT2D eigenvalue weighted by Crippen LogP contribution is -2.21. The highest BCUT2D eigenvalue weighted by molar-refractivity contribution is 7.45. The van der Waals surface area contributed by atoms with Crippen LogP contribution in [0.15, 0.2) is 0 Å². The first kappa shape index (κ1) is 12.2. The second-order valence-corrected chi connectivity index (χ2v) is 2.21. The molecule has 0 saturated heterocycles. The van der Waals surface area contributed by atoms with Gasteiger partial charge in [-0.3, -0.25) is 4.79 Å². The molecule has 62 valence electrons. The summed E-state index contributed by atoms with van der Waals surface area (Å²) >= 11 is 0. The van der Waals surface area contributed by atoms with Crippen LogP contribution in [0.25, 0.3) is 0 Å². The Labute approximate surface area is 56.9 Å². The van der Waals surface area contributed by atoms with Gasteiger partial charge in [-0.05, 0) is 0 Å². The highest BCUT2D eigenvalue weighted by atomic mass is 31.2. The number of amides is 1. The molecular formula is C2H9N2O5P. The molecule has 7 nitrogen and oxygen atoms in total. The van der Waals surface area contributed by atoms with Crippen LogP contribution in [0.3, 0.4) is 0 Å². The minimum absolute atomic E-state index is 0.0556. The molecule has 0 heterocycles. The van der Waals surface area contributed by atoms with Crippen molar-refractivity contribution >= 4 is 13.7 Å². The van der Waals surface area contributed by atoms with Crippen molar-refractivity contribution in [3.05, 3.63) is 0 Å². The lowest BCUT2D eigenvalue weighted by Gasteiger charge is -1.82. The molecular weight excluding hydrogens is 163 g/mol. The smallest absolute Gasteiger partial charge is 0.369 e. The van der Waals surface area contributed by atoms with Gasteiger partial charge in [-0.1, -0.05) is 0 Å². The molecule has 0 fully saturated rings. The zero-order valence-corrected chi connectivity index (χ0v) is 5.86. The van der Waals surface area contributed by atoms with Crippen LogP contribution in [0.5, 0.6) is 0 Å². The monoisotopic (exact) mass is 172 g/mol. The summed E-state index contributed by atoms with van der Waals surface area (Å²) in [7, 11) is -4.64. The summed E-state index contributed by atoms with van der Waals surface area (Å²) in [6, 6.07) is 0. The molecule has 0 rings (SSSR count). The third-order valence-electron chi connectivity index (χ3n) is 0.201. The third-order valence-corrected chi connectivity index (χ3v) is 0.201. The predicted molar refractivity (Wildman–Crippen MR) is 32.5 cm³/mol. The molecule has 0 aliphatic heterocycles. The van der Waals surface area contributed by atoms with Crippen LogP contribution in [-0.2, 0) is 9.36 Å². The van der Waals surface area contributed by atoms with Crippen LogP contribution in [-0.4, -0.2) is 27.1 Å². The first-order valence-electron chi connectivity index (χ1n) is 2.04. The molecule has 10 heavy (non-hydrogen) atoms. The fraction of sp³-hybridized carbons (Fsp3) is 0.500. The molecule has 0 aliphatic carbocycles. The summed E-state index contributed by atoms with van der Waals surface area (Å²) in [5.41, 5.74) is 9.22. The highest BCUT2D eigenvalue weighted by Crippen LogP contribution is 2.25. The zero-order chi connectivity index (χ0) is 8.78. The largest absolute Gasteiger partial charge is 0.466 e. The van der Waals surface area contributed by atoms with Gasteiger partial charge in [0.2, 0.25) is 5.91 Å². The summed E-state index contributed by atoms with van der Waals surface area (Å²) in [5, 5.41) is 0.